The Bertz CT molecular complexity index is 706. The highest BCUT2D eigenvalue weighted by Gasteiger charge is 2.50. The van der Waals surface area contributed by atoms with Crippen molar-refractivity contribution in [3.05, 3.63) is 35.4 Å². The van der Waals surface area contributed by atoms with Gasteiger partial charge < -0.3 is 14.7 Å². The van der Waals surface area contributed by atoms with Gasteiger partial charge in [-0.2, -0.15) is 0 Å². The van der Waals surface area contributed by atoms with E-state index < -0.39 is 6.04 Å². The number of thioether (sulfide) groups is 1. The molecule has 3 saturated heterocycles. The Labute approximate surface area is 144 Å². The first-order valence-corrected chi connectivity index (χ1v) is 9.26. The number of hydrogen-bond acceptors (Lipinski definition) is 4. The number of carbonyl (C=O) groups is 3. The van der Waals surface area contributed by atoms with Gasteiger partial charge in [0, 0.05) is 24.4 Å². The maximum absolute atomic E-state index is 12.7. The Balaban J connectivity index is 1.54. The van der Waals surface area contributed by atoms with Crippen LogP contribution in [0.3, 0.4) is 0 Å². The molecule has 1 aromatic rings. The minimum atomic E-state index is -0.532. The van der Waals surface area contributed by atoms with E-state index in [0.717, 1.165) is 5.56 Å². The van der Waals surface area contributed by atoms with Gasteiger partial charge >= 0.3 is 0 Å². The standard InChI is InChI=1S/C17H19N3O3S/c1-11-2-4-12(5-3-11)15(21)18-6-7-19-13(8-18)16(22)20-10-24-9-14(20)17(19)23/h2-5,13-14H,6-10H2,1H3/t13-,14+/m1/s1. The van der Waals surface area contributed by atoms with Crippen molar-refractivity contribution in [1.29, 1.82) is 0 Å². The van der Waals surface area contributed by atoms with Crippen LogP contribution in [0, 0.1) is 6.92 Å². The maximum Gasteiger partial charge on any atom is 0.253 e. The fourth-order valence-electron chi connectivity index (χ4n) is 3.57. The van der Waals surface area contributed by atoms with Crippen LogP contribution in [0.2, 0.25) is 0 Å². The quantitative estimate of drug-likeness (QED) is 0.746. The van der Waals surface area contributed by atoms with Crippen LogP contribution in [-0.2, 0) is 9.59 Å². The highest BCUT2D eigenvalue weighted by Crippen LogP contribution is 2.30. The summed E-state index contributed by atoms with van der Waals surface area (Å²) in [5.74, 6) is 1.19. The second-order valence-corrected chi connectivity index (χ2v) is 7.49. The molecule has 24 heavy (non-hydrogen) atoms. The molecule has 3 amide bonds. The summed E-state index contributed by atoms with van der Waals surface area (Å²) < 4.78 is 0. The predicted octanol–water partition coefficient (Wildman–Crippen LogP) is 0.563. The molecule has 0 unspecified atom stereocenters. The molecule has 6 nitrogen and oxygen atoms in total. The molecule has 126 valence electrons. The first kappa shape index (κ1) is 15.5. The molecule has 0 bridgehead atoms. The van der Waals surface area contributed by atoms with Crippen molar-refractivity contribution in [2.45, 2.75) is 19.0 Å². The molecule has 0 saturated carbocycles. The first-order valence-electron chi connectivity index (χ1n) is 8.11. The van der Waals surface area contributed by atoms with Crippen molar-refractivity contribution in [3.8, 4) is 0 Å². The summed E-state index contributed by atoms with van der Waals surface area (Å²) in [5.41, 5.74) is 1.72. The third kappa shape index (κ3) is 2.38. The van der Waals surface area contributed by atoms with E-state index in [-0.39, 0.29) is 30.3 Å². The zero-order chi connectivity index (χ0) is 16.8. The molecule has 7 heteroatoms. The monoisotopic (exact) mass is 345 g/mol. The molecule has 0 N–H and O–H groups in total. The molecule has 0 aliphatic carbocycles. The van der Waals surface area contributed by atoms with Gasteiger partial charge in [0.05, 0.1) is 12.4 Å². The zero-order valence-corrected chi connectivity index (χ0v) is 14.3. The number of hydrogen-bond donors (Lipinski definition) is 0. The Morgan fingerprint density at radius 3 is 2.50 bits per heavy atom. The molecule has 3 fully saturated rings. The van der Waals surface area contributed by atoms with E-state index in [4.69, 9.17) is 0 Å². The lowest BCUT2D eigenvalue weighted by molar-refractivity contribution is -0.161. The van der Waals surface area contributed by atoms with Gasteiger partial charge in [-0.1, -0.05) is 17.7 Å². The van der Waals surface area contributed by atoms with Gasteiger partial charge in [0.25, 0.3) is 5.91 Å². The molecule has 3 heterocycles. The van der Waals surface area contributed by atoms with E-state index in [2.05, 4.69) is 0 Å². The van der Waals surface area contributed by atoms with Gasteiger partial charge in [-0.05, 0) is 19.1 Å². The molecular formula is C17H19N3O3S. The van der Waals surface area contributed by atoms with Crippen LogP contribution in [0.5, 0.6) is 0 Å². The van der Waals surface area contributed by atoms with E-state index in [1.54, 1.807) is 26.5 Å². The number of aryl methyl sites for hydroxylation is 1. The molecule has 0 aromatic heterocycles. The van der Waals surface area contributed by atoms with Crippen molar-refractivity contribution in [1.82, 2.24) is 14.7 Å². The topological polar surface area (TPSA) is 60.9 Å². The van der Waals surface area contributed by atoms with E-state index >= 15 is 0 Å². The van der Waals surface area contributed by atoms with E-state index in [9.17, 15) is 14.4 Å². The Kier molecular flexibility index (Phi) is 3.75. The van der Waals surface area contributed by atoms with Crippen LogP contribution in [0.4, 0.5) is 0 Å². The minimum Gasteiger partial charge on any atom is -0.334 e. The molecule has 3 aliphatic heterocycles. The van der Waals surface area contributed by atoms with Crippen LogP contribution < -0.4 is 0 Å². The van der Waals surface area contributed by atoms with Crippen LogP contribution in [0.15, 0.2) is 24.3 Å². The normalized spacial score (nSPS) is 26.5. The molecule has 4 rings (SSSR count). The van der Waals surface area contributed by atoms with Crippen LogP contribution in [-0.4, -0.2) is 75.8 Å². The number of nitrogens with zero attached hydrogens (tertiary/aromatic N) is 3. The number of fused-ring (bicyclic) bond motifs is 2. The fourth-order valence-corrected chi connectivity index (χ4v) is 4.72. The van der Waals surface area contributed by atoms with Gasteiger partial charge in [-0.15, -0.1) is 11.8 Å². The Morgan fingerprint density at radius 2 is 1.75 bits per heavy atom. The van der Waals surface area contributed by atoms with Crippen LogP contribution in [0.1, 0.15) is 15.9 Å². The van der Waals surface area contributed by atoms with Crippen molar-refractivity contribution in [3.63, 3.8) is 0 Å². The summed E-state index contributed by atoms with van der Waals surface area (Å²) in [6.07, 6.45) is 0. The smallest absolute Gasteiger partial charge is 0.253 e. The maximum atomic E-state index is 12.7. The molecule has 1 aromatic carbocycles. The second kappa shape index (κ2) is 5.81. The summed E-state index contributed by atoms with van der Waals surface area (Å²) in [7, 11) is 0. The number of piperazine rings is 2. The fraction of sp³-hybridized carbons (Fsp3) is 0.471. The van der Waals surface area contributed by atoms with E-state index in [1.807, 2.05) is 31.2 Å². The van der Waals surface area contributed by atoms with Gasteiger partial charge in [-0.3, -0.25) is 14.4 Å². The van der Waals surface area contributed by atoms with Gasteiger partial charge in [0.1, 0.15) is 12.1 Å². The zero-order valence-electron chi connectivity index (χ0n) is 13.5. The minimum absolute atomic E-state index is 0.0222. The predicted molar refractivity (Wildman–Crippen MR) is 90.5 cm³/mol. The average Bonchev–Trinajstić information content (AvgIpc) is 3.09. The molecule has 0 radical (unpaired) electrons. The van der Waals surface area contributed by atoms with E-state index in [1.165, 1.54) is 0 Å². The lowest BCUT2D eigenvalue weighted by atomic mass is 10.0. The Hall–Kier alpha value is -2.02. The highest BCUT2D eigenvalue weighted by molar-refractivity contribution is 7.99. The van der Waals surface area contributed by atoms with Gasteiger partial charge in [0.2, 0.25) is 11.8 Å². The molecule has 0 spiro atoms. The number of benzene rings is 1. The van der Waals surface area contributed by atoms with Crippen molar-refractivity contribution in [2.75, 3.05) is 31.3 Å². The van der Waals surface area contributed by atoms with Crippen LogP contribution in [0.25, 0.3) is 0 Å². The highest BCUT2D eigenvalue weighted by atomic mass is 32.2. The number of rotatable bonds is 1. The summed E-state index contributed by atoms with van der Waals surface area (Å²) in [6, 6.07) is 6.60. The summed E-state index contributed by atoms with van der Waals surface area (Å²) in [4.78, 5) is 43.0. The Morgan fingerprint density at radius 1 is 1.04 bits per heavy atom. The van der Waals surface area contributed by atoms with Crippen molar-refractivity contribution < 1.29 is 14.4 Å². The number of carbonyl (C=O) groups excluding carboxylic acids is 3. The van der Waals surface area contributed by atoms with Crippen molar-refractivity contribution >= 4 is 29.5 Å². The number of amides is 3. The van der Waals surface area contributed by atoms with E-state index in [0.29, 0.717) is 30.3 Å². The third-order valence-corrected chi connectivity index (χ3v) is 6.00. The summed E-state index contributed by atoms with van der Waals surface area (Å²) in [5, 5.41) is 0. The average molecular weight is 345 g/mol. The SMILES string of the molecule is Cc1ccc(C(=O)N2CCN3C(=O)[C@@H]4CSCN4C(=O)[C@H]3C2)cc1. The third-order valence-electron chi connectivity index (χ3n) is 4.98. The molecular weight excluding hydrogens is 326 g/mol. The lowest BCUT2D eigenvalue weighted by Gasteiger charge is -2.47. The summed E-state index contributed by atoms with van der Waals surface area (Å²) >= 11 is 1.61. The largest absolute Gasteiger partial charge is 0.334 e. The van der Waals surface area contributed by atoms with Crippen LogP contribution >= 0.6 is 11.8 Å². The summed E-state index contributed by atoms with van der Waals surface area (Å²) in [6.45, 7) is 3.17. The first-order chi connectivity index (χ1) is 11.6. The molecule has 3 aliphatic rings. The van der Waals surface area contributed by atoms with Gasteiger partial charge in [0.15, 0.2) is 0 Å². The van der Waals surface area contributed by atoms with Gasteiger partial charge in [-0.25, -0.2) is 0 Å². The van der Waals surface area contributed by atoms with Crippen molar-refractivity contribution in [2.24, 2.45) is 0 Å². The lowest BCUT2D eigenvalue weighted by Crippen LogP contribution is -2.69. The molecule has 2 atom stereocenters. The second-order valence-electron chi connectivity index (χ2n) is 6.49.